The van der Waals surface area contributed by atoms with Gasteiger partial charge in [-0.15, -0.1) is 0 Å². The second-order valence-electron chi connectivity index (χ2n) is 6.11. The number of amides is 1. The zero-order chi connectivity index (χ0) is 17.5. The van der Waals surface area contributed by atoms with Crippen molar-refractivity contribution in [1.82, 2.24) is 4.90 Å². The Labute approximate surface area is 148 Å². The van der Waals surface area contributed by atoms with Crippen molar-refractivity contribution in [2.45, 2.75) is 57.2 Å². The third-order valence-corrected chi connectivity index (χ3v) is 4.99. The summed E-state index contributed by atoms with van der Waals surface area (Å²) in [6.07, 6.45) is 2.93. The van der Waals surface area contributed by atoms with Gasteiger partial charge in [0.05, 0.1) is 0 Å². The molecular weight excluding hydrogens is 330 g/mol. The standard InChI is InChI=1S/C18H26ClNO4/c1-3-17(24-12-23-2)20(18(21)22)16-11-7-5-9-14(16)13-8-4-6-10-15(13)19/h4,6,8,10,14,16-17H,3,5,7,9,11-12H2,1-2H3,(H,21,22)/t14-,16-,17?/m1/s1. The highest BCUT2D eigenvalue weighted by molar-refractivity contribution is 6.31. The maximum atomic E-state index is 12.0. The zero-order valence-corrected chi connectivity index (χ0v) is 15.0. The van der Waals surface area contributed by atoms with E-state index in [-0.39, 0.29) is 18.8 Å². The molecule has 0 heterocycles. The van der Waals surface area contributed by atoms with E-state index in [1.165, 1.54) is 12.0 Å². The van der Waals surface area contributed by atoms with Crippen molar-refractivity contribution in [2.75, 3.05) is 13.9 Å². The summed E-state index contributed by atoms with van der Waals surface area (Å²) in [6, 6.07) is 7.58. The highest BCUT2D eigenvalue weighted by atomic mass is 35.5. The molecule has 0 radical (unpaired) electrons. The first-order chi connectivity index (χ1) is 11.6. The molecule has 1 saturated carbocycles. The summed E-state index contributed by atoms with van der Waals surface area (Å²) >= 11 is 6.39. The van der Waals surface area contributed by atoms with E-state index in [1.807, 2.05) is 31.2 Å². The molecule has 1 N–H and O–H groups in total. The number of nitrogens with zero attached hydrogens (tertiary/aromatic N) is 1. The number of carboxylic acid groups (broad SMARTS) is 1. The van der Waals surface area contributed by atoms with E-state index < -0.39 is 12.3 Å². The van der Waals surface area contributed by atoms with Crippen LogP contribution >= 0.6 is 11.6 Å². The van der Waals surface area contributed by atoms with E-state index in [9.17, 15) is 9.90 Å². The van der Waals surface area contributed by atoms with Gasteiger partial charge in [0.25, 0.3) is 0 Å². The number of ether oxygens (including phenoxy) is 2. The van der Waals surface area contributed by atoms with E-state index in [4.69, 9.17) is 21.1 Å². The lowest BCUT2D eigenvalue weighted by atomic mass is 9.79. The first-order valence-electron chi connectivity index (χ1n) is 8.46. The highest BCUT2D eigenvalue weighted by Crippen LogP contribution is 2.40. The van der Waals surface area contributed by atoms with E-state index in [1.54, 1.807) is 0 Å². The molecular formula is C18H26ClNO4. The van der Waals surface area contributed by atoms with Crippen LogP contribution in [0.3, 0.4) is 0 Å². The van der Waals surface area contributed by atoms with Gasteiger partial charge in [-0.1, -0.05) is 49.6 Å². The van der Waals surface area contributed by atoms with Gasteiger partial charge in [0.15, 0.2) is 0 Å². The summed E-state index contributed by atoms with van der Waals surface area (Å²) in [7, 11) is 1.53. The minimum Gasteiger partial charge on any atom is -0.465 e. The smallest absolute Gasteiger partial charge is 0.409 e. The Balaban J connectivity index is 2.31. The third-order valence-electron chi connectivity index (χ3n) is 4.65. The van der Waals surface area contributed by atoms with Crippen LogP contribution in [0.4, 0.5) is 4.79 Å². The average Bonchev–Trinajstić information content (AvgIpc) is 2.59. The van der Waals surface area contributed by atoms with Crippen LogP contribution in [0.2, 0.25) is 5.02 Å². The molecule has 1 aromatic carbocycles. The van der Waals surface area contributed by atoms with Crippen molar-refractivity contribution in [3.05, 3.63) is 34.9 Å². The zero-order valence-electron chi connectivity index (χ0n) is 14.3. The Bertz CT molecular complexity index is 540. The fraction of sp³-hybridized carbons (Fsp3) is 0.611. The number of methoxy groups -OCH3 is 1. The number of hydrogen-bond donors (Lipinski definition) is 1. The Kier molecular flexibility index (Phi) is 7.34. The van der Waals surface area contributed by atoms with Gasteiger partial charge < -0.3 is 14.6 Å². The van der Waals surface area contributed by atoms with E-state index in [0.29, 0.717) is 11.4 Å². The van der Waals surface area contributed by atoms with E-state index in [0.717, 1.165) is 31.2 Å². The number of hydrogen-bond acceptors (Lipinski definition) is 3. The predicted octanol–water partition coefficient (Wildman–Crippen LogP) is 4.70. The number of rotatable bonds is 7. The first kappa shape index (κ1) is 19.0. The number of halogens is 1. The normalized spacial score (nSPS) is 22.1. The monoisotopic (exact) mass is 355 g/mol. The van der Waals surface area contributed by atoms with Crippen LogP contribution < -0.4 is 0 Å². The lowest BCUT2D eigenvalue weighted by molar-refractivity contribution is -0.136. The lowest BCUT2D eigenvalue weighted by Crippen LogP contribution is -2.51. The molecule has 6 heteroatoms. The summed E-state index contributed by atoms with van der Waals surface area (Å²) in [4.78, 5) is 13.5. The largest absolute Gasteiger partial charge is 0.465 e. The van der Waals surface area contributed by atoms with E-state index in [2.05, 4.69) is 0 Å². The second kappa shape index (κ2) is 9.25. The van der Waals surface area contributed by atoms with Crippen LogP contribution in [0.25, 0.3) is 0 Å². The van der Waals surface area contributed by atoms with Crippen molar-refractivity contribution in [2.24, 2.45) is 0 Å². The average molecular weight is 356 g/mol. The quantitative estimate of drug-likeness (QED) is 0.720. The van der Waals surface area contributed by atoms with Gasteiger partial charge in [0.2, 0.25) is 0 Å². The van der Waals surface area contributed by atoms with Crippen LogP contribution in [0, 0.1) is 0 Å². The molecule has 24 heavy (non-hydrogen) atoms. The molecule has 2 rings (SSSR count). The van der Waals surface area contributed by atoms with Gasteiger partial charge >= 0.3 is 6.09 Å². The molecule has 5 nitrogen and oxygen atoms in total. The molecule has 0 spiro atoms. The maximum absolute atomic E-state index is 12.0. The van der Waals surface area contributed by atoms with Crippen molar-refractivity contribution >= 4 is 17.7 Å². The summed E-state index contributed by atoms with van der Waals surface area (Å²) in [5.41, 5.74) is 1.02. The number of carbonyl (C=O) groups is 1. The van der Waals surface area contributed by atoms with Crippen LogP contribution in [0.5, 0.6) is 0 Å². The lowest BCUT2D eigenvalue weighted by Gasteiger charge is -2.42. The van der Waals surface area contributed by atoms with Crippen LogP contribution in [0.1, 0.15) is 50.5 Å². The fourth-order valence-electron chi connectivity index (χ4n) is 3.60. The second-order valence-corrected chi connectivity index (χ2v) is 6.51. The van der Waals surface area contributed by atoms with Gasteiger partial charge in [-0.25, -0.2) is 4.79 Å². The van der Waals surface area contributed by atoms with Gasteiger partial charge in [0.1, 0.15) is 13.0 Å². The van der Waals surface area contributed by atoms with Gasteiger partial charge in [-0.3, -0.25) is 4.90 Å². The van der Waals surface area contributed by atoms with Gasteiger partial charge in [-0.2, -0.15) is 0 Å². The predicted molar refractivity (Wildman–Crippen MR) is 93.4 cm³/mol. The summed E-state index contributed by atoms with van der Waals surface area (Å²) < 4.78 is 10.6. The topological polar surface area (TPSA) is 59.0 Å². The SMILES string of the molecule is CCC(OCOC)N(C(=O)O)[C@@H]1CCCC[C@@H]1c1ccccc1Cl. The molecule has 3 atom stereocenters. The highest BCUT2D eigenvalue weighted by Gasteiger charge is 2.38. The molecule has 1 aliphatic rings. The van der Waals surface area contributed by atoms with Crippen LogP contribution in [0.15, 0.2) is 24.3 Å². The van der Waals surface area contributed by atoms with Crippen molar-refractivity contribution in [3.8, 4) is 0 Å². The van der Waals surface area contributed by atoms with Gasteiger partial charge in [-0.05, 0) is 30.9 Å². The third kappa shape index (κ3) is 4.41. The van der Waals surface area contributed by atoms with E-state index >= 15 is 0 Å². The van der Waals surface area contributed by atoms with Crippen molar-refractivity contribution in [3.63, 3.8) is 0 Å². The molecule has 0 aromatic heterocycles. The van der Waals surface area contributed by atoms with Crippen molar-refractivity contribution in [1.29, 1.82) is 0 Å². The fourth-order valence-corrected chi connectivity index (χ4v) is 3.88. The first-order valence-corrected chi connectivity index (χ1v) is 8.84. The molecule has 0 aliphatic heterocycles. The molecule has 0 saturated heterocycles. The molecule has 1 amide bonds. The summed E-state index contributed by atoms with van der Waals surface area (Å²) in [5, 5.41) is 10.5. The minimum atomic E-state index is -0.957. The Morgan fingerprint density at radius 2 is 2.08 bits per heavy atom. The molecule has 0 bridgehead atoms. The number of benzene rings is 1. The van der Waals surface area contributed by atoms with Gasteiger partial charge in [0, 0.05) is 24.1 Å². The molecule has 1 fully saturated rings. The molecule has 134 valence electrons. The summed E-state index contributed by atoms with van der Waals surface area (Å²) in [6.45, 7) is 2.00. The Morgan fingerprint density at radius 3 is 2.71 bits per heavy atom. The minimum absolute atomic E-state index is 0.0752. The molecule has 1 unspecified atom stereocenters. The molecule has 1 aliphatic carbocycles. The van der Waals surface area contributed by atoms with Crippen LogP contribution in [-0.2, 0) is 9.47 Å². The Hall–Kier alpha value is -1.30. The Morgan fingerprint density at radius 1 is 1.38 bits per heavy atom. The van der Waals surface area contributed by atoms with Crippen molar-refractivity contribution < 1.29 is 19.4 Å². The summed E-state index contributed by atoms with van der Waals surface area (Å²) in [5.74, 6) is 0.0868. The molecule has 1 aromatic rings. The maximum Gasteiger partial charge on any atom is 0.409 e. The van der Waals surface area contributed by atoms with Crippen LogP contribution in [-0.4, -0.2) is 42.3 Å².